The third kappa shape index (κ3) is 4.72. The molecule has 6 nitrogen and oxygen atoms in total. The van der Waals surface area contributed by atoms with E-state index in [4.69, 9.17) is 9.47 Å². The minimum Gasteiger partial charge on any atom is -0.465 e. The average molecular weight is 389 g/mol. The third-order valence-corrected chi connectivity index (χ3v) is 5.99. The van der Waals surface area contributed by atoms with Gasteiger partial charge in [-0.1, -0.05) is 19.3 Å². The van der Waals surface area contributed by atoms with Crippen LogP contribution in [0.4, 0.5) is 0 Å². The first-order valence-electron chi connectivity index (χ1n) is 10.7. The van der Waals surface area contributed by atoms with Crippen molar-refractivity contribution in [1.29, 1.82) is 0 Å². The zero-order chi connectivity index (χ0) is 19.9. The van der Waals surface area contributed by atoms with Gasteiger partial charge in [-0.3, -0.25) is 9.78 Å². The molecule has 154 valence electrons. The predicted octanol–water partition coefficient (Wildman–Crippen LogP) is 3.56. The number of nitrogens with zero attached hydrogens (tertiary/aromatic N) is 2. The highest BCUT2D eigenvalue weighted by molar-refractivity contribution is 5.93. The van der Waals surface area contributed by atoms with Gasteiger partial charge in [0.25, 0.3) is 0 Å². The van der Waals surface area contributed by atoms with Crippen molar-refractivity contribution < 1.29 is 19.1 Å². The molecule has 0 radical (unpaired) electrons. The fourth-order valence-electron chi connectivity index (χ4n) is 4.67. The summed E-state index contributed by atoms with van der Waals surface area (Å²) in [5, 5.41) is 0. The fraction of sp³-hybridized carbons (Fsp3) is 0.682. The smallest absolute Gasteiger partial charge is 0.340 e. The van der Waals surface area contributed by atoms with E-state index in [1.54, 1.807) is 25.3 Å². The number of carbonyl (C=O) groups is 2. The van der Waals surface area contributed by atoms with E-state index in [1.807, 2.05) is 6.92 Å². The quantitative estimate of drug-likeness (QED) is 0.665. The van der Waals surface area contributed by atoms with Crippen LogP contribution in [0.2, 0.25) is 0 Å². The van der Waals surface area contributed by atoms with Crippen molar-refractivity contribution in [3.8, 4) is 0 Å². The largest absolute Gasteiger partial charge is 0.465 e. The normalized spacial score (nSPS) is 22.0. The van der Waals surface area contributed by atoms with Crippen molar-refractivity contribution in [2.45, 2.75) is 64.3 Å². The van der Waals surface area contributed by atoms with E-state index in [2.05, 4.69) is 9.88 Å². The van der Waals surface area contributed by atoms with Gasteiger partial charge in [-0.2, -0.15) is 0 Å². The van der Waals surface area contributed by atoms with Gasteiger partial charge >= 0.3 is 11.9 Å². The van der Waals surface area contributed by atoms with Gasteiger partial charge in [-0.05, 0) is 57.7 Å². The molecule has 3 rings (SSSR count). The number of pyridine rings is 1. The number of hydrogen-bond donors (Lipinski definition) is 0. The van der Waals surface area contributed by atoms with E-state index in [-0.39, 0.29) is 18.5 Å². The summed E-state index contributed by atoms with van der Waals surface area (Å²) >= 11 is 0. The van der Waals surface area contributed by atoms with Crippen LogP contribution in [0.3, 0.4) is 0 Å². The summed E-state index contributed by atoms with van der Waals surface area (Å²) in [6.45, 7) is 6.03. The van der Waals surface area contributed by atoms with Crippen LogP contribution in [0.5, 0.6) is 0 Å². The lowest BCUT2D eigenvalue weighted by Crippen LogP contribution is -2.36. The van der Waals surface area contributed by atoms with Crippen molar-refractivity contribution in [2.24, 2.45) is 5.92 Å². The second-order valence-corrected chi connectivity index (χ2v) is 7.72. The Morgan fingerprint density at radius 1 is 1.14 bits per heavy atom. The standard InChI is InChI=1S/C22H32N2O4/c1-3-27-21(25)18-11-8-13-23-20(18)19(22(26)28-4-2)16-12-14-24(15-16)17-9-6-5-7-10-17/h8,11,13,16-17,19H,3-7,9-10,12,14-15H2,1-2H3. The van der Waals surface area contributed by atoms with Crippen molar-refractivity contribution >= 4 is 11.9 Å². The van der Waals surface area contributed by atoms with Crippen LogP contribution in [-0.4, -0.2) is 54.2 Å². The highest BCUT2D eigenvalue weighted by atomic mass is 16.5. The van der Waals surface area contributed by atoms with Crippen molar-refractivity contribution in [3.05, 3.63) is 29.6 Å². The van der Waals surface area contributed by atoms with E-state index in [0.29, 0.717) is 23.9 Å². The van der Waals surface area contributed by atoms with Gasteiger partial charge in [0.15, 0.2) is 0 Å². The number of aromatic nitrogens is 1. The molecule has 1 aromatic heterocycles. The number of carbonyl (C=O) groups excluding carboxylic acids is 2. The van der Waals surface area contributed by atoms with Crippen molar-refractivity contribution in [3.63, 3.8) is 0 Å². The van der Waals surface area contributed by atoms with Crippen LogP contribution in [-0.2, 0) is 14.3 Å². The predicted molar refractivity (Wildman–Crippen MR) is 106 cm³/mol. The molecule has 0 aromatic carbocycles. The number of hydrogen-bond acceptors (Lipinski definition) is 6. The summed E-state index contributed by atoms with van der Waals surface area (Å²) in [7, 11) is 0. The zero-order valence-electron chi connectivity index (χ0n) is 17.1. The molecule has 1 saturated carbocycles. The molecule has 1 aromatic rings. The minimum absolute atomic E-state index is 0.101. The molecule has 0 N–H and O–H groups in total. The van der Waals surface area contributed by atoms with Crippen LogP contribution in [0.15, 0.2) is 18.3 Å². The van der Waals surface area contributed by atoms with E-state index in [1.165, 1.54) is 32.1 Å². The maximum Gasteiger partial charge on any atom is 0.340 e. The summed E-state index contributed by atoms with van der Waals surface area (Å²) in [6, 6.07) is 4.02. The molecule has 1 aliphatic carbocycles. The summed E-state index contributed by atoms with van der Waals surface area (Å²) in [4.78, 5) is 32.3. The van der Waals surface area contributed by atoms with Gasteiger partial charge in [0, 0.05) is 18.8 Å². The summed E-state index contributed by atoms with van der Waals surface area (Å²) < 4.78 is 10.6. The first-order chi connectivity index (χ1) is 13.7. The fourth-order valence-corrected chi connectivity index (χ4v) is 4.67. The second-order valence-electron chi connectivity index (χ2n) is 7.72. The highest BCUT2D eigenvalue weighted by Gasteiger charge is 2.40. The summed E-state index contributed by atoms with van der Waals surface area (Å²) in [5.41, 5.74) is 0.869. The van der Waals surface area contributed by atoms with Gasteiger partial charge in [0.1, 0.15) is 5.92 Å². The molecule has 2 fully saturated rings. The number of likely N-dealkylation sites (tertiary alicyclic amines) is 1. The Labute approximate surface area is 167 Å². The number of ether oxygens (including phenoxy) is 2. The molecular weight excluding hydrogens is 356 g/mol. The van der Waals surface area contributed by atoms with E-state index < -0.39 is 11.9 Å². The molecule has 0 amide bonds. The van der Waals surface area contributed by atoms with Crippen LogP contribution in [0, 0.1) is 5.92 Å². The lowest BCUT2D eigenvalue weighted by atomic mass is 9.86. The van der Waals surface area contributed by atoms with Crippen LogP contribution in [0.1, 0.15) is 74.3 Å². The molecular formula is C22H32N2O4. The molecule has 1 aliphatic heterocycles. The molecule has 2 aliphatic rings. The van der Waals surface area contributed by atoms with Crippen molar-refractivity contribution in [2.75, 3.05) is 26.3 Å². The number of esters is 2. The molecule has 28 heavy (non-hydrogen) atoms. The van der Waals surface area contributed by atoms with E-state index in [9.17, 15) is 9.59 Å². The van der Waals surface area contributed by atoms with E-state index >= 15 is 0 Å². The average Bonchev–Trinajstić information content (AvgIpc) is 3.19. The van der Waals surface area contributed by atoms with Gasteiger partial charge in [0.2, 0.25) is 0 Å². The lowest BCUT2D eigenvalue weighted by Gasteiger charge is -2.31. The topological polar surface area (TPSA) is 68.7 Å². The third-order valence-electron chi connectivity index (χ3n) is 5.99. The second kappa shape index (κ2) is 10.0. The molecule has 2 unspecified atom stereocenters. The van der Waals surface area contributed by atoms with Crippen LogP contribution >= 0.6 is 0 Å². The molecule has 0 spiro atoms. The van der Waals surface area contributed by atoms with Gasteiger partial charge < -0.3 is 14.4 Å². The van der Waals surface area contributed by atoms with Crippen LogP contribution in [0.25, 0.3) is 0 Å². The van der Waals surface area contributed by atoms with Gasteiger partial charge in [0.05, 0.1) is 24.5 Å². The maximum absolute atomic E-state index is 12.9. The Morgan fingerprint density at radius 2 is 1.89 bits per heavy atom. The number of rotatable bonds is 7. The van der Waals surface area contributed by atoms with Crippen molar-refractivity contribution in [1.82, 2.24) is 9.88 Å². The van der Waals surface area contributed by atoms with Gasteiger partial charge in [-0.25, -0.2) is 4.79 Å². The SMILES string of the molecule is CCOC(=O)c1cccnc1C(C(=O)OCC)C1CCN(C2CCCCC2)C1. The molecule has 2 heterocycles. The monoisotopic (exact) mass is 388 g/mol. The molecule has 0 bridgehead atoms. The Bertz CT molecular complexity index is 672. The summed E-state index contributed by atoms with van der Waals surface area (Å²) in [5.74, 6) is -1.15. The minimum atomic E-state index is -0.533. The molecule has 1 saturated heterocycles. The van der Waals surface area contributed by atoms with Gasteiger partial charge in [-0.15, -0.1) is 0 Å². The Hall–Kier alpha value is -1.95. The lowest BCUT2D eigenvalue weighted by molar-refractivity contribution is -0.146. The first kappa shape index (κ1) is 20.8. The highest BCUT2D eigenvalue weighted by Crippen LogP contribution is 2.36. The zero-order valence-corrected chi connectivity index (χ0v) is 17.1. The Morgan fingerprint density at radius 3 is 2.61 bits per heavy atom. The van der Waals surface area contributed by atoms with E-state index in [0.717, 1.165) is 19.5 Å². The maximum atomic E-state index is 12.9. The summed E-state index contributed by atoms with van der Waals surface area (Å²) in [6.07, 6.45) is 8.96. The van der Waals surface area contributed by atoms with Crippen LogP contribution < -0.4 is 0 Å². The molecule has 2 atom stereocenters. The Balaban J connectivity index is 1.84. The molecule has 6 heteroatoms. The first-order valence-corrected chi connectivity index (χ1v) is 10.7. The Kier molecular flexibility index (Phi) is 7.43.